The van der Waals surface area contributed by atoms with Gasteiger partial charge in [-0.1, -0.05) is 6.07 Å². The maximum atomic E-state index is 10.6. The van der Waals surface area contributed by atoms with Crippen molar-refractivity contribution < 1.29 is 39.6 Å². The molecule has 1 rings (SSSR count). The molecular weight excluding hydrogens is 308 g/mol. The summed E-state index contributed by atoms with van der Waals surface area (Å²) in [7, 11) is 0. The highest BCUT2D eigenvalue weighted by molar-refractivity contribution is 5.96. The fourth-order valence-electron chi connectivity index (χ4n) is 1.65. The number of carboxylic acid groups (broad SMARTS) is 4. The van der Waals surface area contributed by atoms with Gasteiger partial charge in [-0.2, -0.15) is 0 Å². The number of rotatable bonds is 7. The van der Waals surface area contributed by atoms with Crippen molar-refractivity contribution in [3.63, 3.8) is 0 Å². The van der Waals surface area contributed by atoms with Crippen LogP contribution in [0.5, 0.6) is 0 Å². The monoisotopic (exact) mass is 326 g/mol. The first-order valence-electron chi connectivity index (χ1n) is 6.66. The Morgan fingerprint density at radius 2 is 1.13 bits per heavy atom. The lowest BCUT2D eigenvalue weighted by atomic mass is 10.0. The van der Waals surface area contributed by atoms with Crippen LogP contribution in [-0.2, 0) is 9.59 Å². The Morgan fingerprint density at radius 1 is 0.783 bits per heavy atom. The van der Waals surface area contributed by atoms with E-state index in [9.17, 15) is 19.2 Å². The Bertz CT molecular complexity index is 543. The first-order chi connectivity index (χ1) is 10.7. The van der Waals surface area contributed by atoms with Crippen molar-refractivity contribution in [2.45, 2.75) is 32.6 Å². The molecular formula is C15H18O8. The molecule has 8 nitrogen and oxygen atoms in total. The molecule has 0 spiro atoms. The van der Waals surface area contributed by atoms with Crippen molar-refractivity contribution >= 4 is 23.9 Å². The summed E-state index contributed by atoms with van der Waals surface area (Å²) in [4.78, 5) is 41.0. The fourth-order valence-corrected chi connectivity index (χ4v) is 1.65. The molecule has 4 N–H and O–H groups in total. The molecule has 126 valence electrons. The maximum absolute atomic E-state index is 10.6. The molecule has 0 radical (unpaired) electrons. The molecule has 0 aromatic heterocycles. The van der Waals surface area contributed by atoms with Gasteiger partial charge in [0.05, 0.1) is 11.1 Å². The van der Waals surface area contributed by atoms with E-state index < -0.39 is 23.9 Å². The number of carbonyl (C=O) groups is 4. The summed E-state index contributed by atoms with van der Waals surface area (Å²) in [6, 6.07) is 4.17. The maximum Gasteiger partial charge on any atom is 0.335 e. The summed E-state index contributed by atoms with van der Waals surface area (Å²) < 4.78 is 0. The molecule has 0 fully saturated rings. The minimum absolute atomic E-state index is 0.0277. The van der Waals surface area contributed by atoms with Crippen LogP contribution in [0.4, 0.5) is 0 Å². The Hall–Kier alpha value is -2.90. The number of aromatic carboxylic acids is 2. The predicted octanol–water partition coefficient (Wildman–Crippen LogP) is 2.11. The minimum atomic E-state index is -1.11. The van der Waals surface area contributed by atoms with Gasteiger partial charge in [0.15, 0.2) is 0 Å². The van der Waals surface area contributed by atoms with Crippen LogP contribution in [0.1, 0.15) is 52.0 Å². The van der Waals surface area contributed by atoms with Crippen molar-refractivity contribution in [3.05, 3.63) is 34.9 Å². The van der Waals surface area contributed by atoms with Crippen LogP contribution in [-0.4, -0.2) is 44.3 Å². The van der Waals surface area contributed by atoms with E-state index in [4.69, 9.17) is 20.4 Å². The first-order valence-corrected chi connectivity index (χ1v) is 6.66. The van der Waals surface area contributed by atoms with Gasteiger partial charge < -0.3 is 20.4 Å². The molecule has 0 atom stereocenters. The number of aliphatic carboxylic acids is 2. The normalized spacial score (nSPS) is 9.43. The van der Waals surface area contributed by atoms with Crippen LogP contribution in [0.15, 0.2) is 18.2 Å². The zero-order valence-corrected chi connectivity index (χ0v) is 12.5. The van der Waals surface area contributed by atoms with Gasteiger partial charge in [-0.25, -0.2) is 9.59 Å². The van der Waals surface area contributed by atoms with E-state index in [1.165, 1.54) is 25.1 Å². The standard InChI is InChI=1S/C9H8O4.C6H10O4/c1-5-6(8(10)11)3-2-4-7(5)9(12)13;7-5(8)3-1-2-4-6(9)10/h2-4H,1H3,(H,10,11)(H,12,13);1-4H2,(H,7,8)(H,9,10). The average molecular weight is 326 g/mol. The molecule has 0 heterocycles. The van der Waals surface area contributed by atoms with E-state index in [-0.39, 0.29) is 29.5 Å². The summed E-state index contributed by atoms with van der Waals surface area (Å²) in [6.45, 7) is 1.48. The summed E-state index contributed by atoms with van der Waals surface area (Å²) in [6.07, 6.45) is 1.02. The van der Waals surface area contributed by atoms with Crippen molar-refractivity contribution in [2.75, 3.05) is 0 Å². The number of carboxylic acids is 4. The van der Waals surface area contributed by atoms with E-state index in [2.05, 4.69) is 0 Å². The van der Waals surface area contributed by atoms with E-state index in [1.807, 2.05) is 0 Å². The molecule has 0 aliphatic carbocycles. The Morgan fingerprint density at radius 3 is 1.39 bits per heavy atom. The van der Waals surface area contributed by atoms with Gasteiger partial charge in [-0.3, -0.25) is 9.59 Å². The van der Waals surface area contributed by atoms with Crippen LogP contribution in [0, 0.1) is 6.92 Å². The summed E-state index contributed by atoms with van der Waals surface area (Å²) in [5.41, 5.74) is 0.335. The quantitative estimate of drug-likeness (QED) is 0.556. The molecule has 8 heteroatoms. The van der Waals surface area contributed by atoms with Crippen LogP contribution < -0.4 is 0 Å². The smallest absolute Gasteiger partial charge is 0.335 e. The highest BCUT2D eigenvalue weighted by atomic mass is 16.4. The molecule has 0 amide bonds. The average Bonchev–Trinajstić information content (AvgIpc) is 2.43. The van der Waals surface area contributed by atoms with Crippen molar-refractivity contribution in [2.24, 2.45) is 0 Å². The van der Waals surface area contributed by atoms with Crippen LogP contribution in [0.3, 0.4) is 0 Å². The van der Waals surface area contributed by atoms with Crippen LogP contribution in [0.25, 0.3) is 0 Å². The van der Waals surface area contributed by atoms with Crippen molar-refractivity contribution in [1.29, 1.82) is 0 Å². The number of unbranched alkanes of at least 4 members (excludes halogenated alkanes) is 1. The summed E-state index contributed by atoms with van der Waals surface area (Å²) in [5.74, 6) is -3.96. The number of hydrogen-bond donors (Lipinski definition) is 4. The van der Waals surface area contributed by atoms with E-state index >= 15 is 0 Å². The minimum Gasteiger partial charge on any atom is -0.481 e. The topological polar surface area (TPSA) is 149 Å². The fraction of sp³-hybridized carbons (Fsp3) is 0.333. The van der Waals surface area contributed by atoms with Gasteiger partial charge in [0, 0.05) is 12.8 Å². The van der Waals surface area contributed by atoms with Gasteiger partial charge in [0.25, 0.3) is 0 Å². The van der Waals surface area contributed by atoms with Gasteiger partial charge in [-0.15, -0.1) is 0 Å². The second-order valence-corrected chi connectivity index (χ2v) is 4.58. The zero-order chi connectivity index (χ0) is 18.0. The molecule has 0 bridgehead atoms. The molecule has 1 aromatic carbocycles. The van der Waals surface area contributed by atoms with E-state index in [0.29, 0.717) is 12.8 Å². The van der Waals surface area contributed by atoms with Crippen molar-refractivity contribution in [3.8, 4) is 0 Å². The van der Waals surface area contributed by atoms with Gasteiger partial charge in [0.2, 0.25) is 0 Å². The third kappa shape index (κ3) is 8.20. The molecule has 0 saturated heterocycles. The van der Waals surface area contributed by atoms with Gasteiger partial charge in [-0.05, 0) is 37.5 Å². The molecule has 1 aromatic rings. The van der Waals surface area contributed by atoms with Crippen molar-refractivity contribution in [1.82, 2.24) is 0 Å². The zero-order valence-electron chi connectivity index (χ0n) is 12.5. The lowest BCUT2D eigenvalue weighted by molar-refractivity contribution is -0.139. The highest BCUT2D eigenvalue weighted by Gasteiger charge is 2.13. The molecule has 0 saturated carbocycles. The van der Waals surface area contributed by atoms with E-state index in [0.717, 1.165) is 0 Å². The second-order valence-electron chi connectivity index (χ2n) is 4.58. The van der Waals surface area contributed by atoms with Crippen LogP contribution in [0.2, 0.25) is 0 Å². The third-order valence-corrected chi connectivity index (χ3v) is 2.83. The Kier molecular flexibility index (Phi) is 8.68. The lowest BCUT2D eigenvalue weighted by Gasteiger charge is -2.03. The lowest BCUT2D eigenvalue weighted by Crippen LogP contribution is -2.06. The SMILES string of the molecule is Cc1c(C(=O)O)cccc1C(=O)O.O=C(O)CCCCC(=O)O. The van der Waals surface area contributed by atoms with Crippen LogP contribution >= 0.6 is 0 Å². The third-order valence-electron chi connectivity index (χ3n) is 2.83. The predicted molar refractivity (Wildman–Crippen MR) is 78.8 cm³/mol. The first kappa shape index (κ1) is 20.1. The molecule has 0 aliphatic rings. The molecule has 0 unspecified atom stereocenters. The van der Waals surface area contributed by atoms with Gasteiger partial charge in [0.1, 0.15) is 0 Å². The number of benzene rings is 1. The molecule has 23 heavy (non-hydrogen) atoms. The highest BCUT2D eigenvalue weighted by Crippen LogP contribution is 2.13. The molecule has 0 aliphatic heterocycles. The van der Waals surface area contributed by atoms with Gasteiger partial charge >= 0.3 is 23.9 Å². The van der Waals surface area contributed by atoms with E-state index in [1.54, 1.807) is 0 Å². The Balaban J connectivity index is 0.000000438. The Labute approximate surface area is 132 Å². The summed E-state index contributed by atoms with van der Waals surface area (Å²) >= 11 is 0. The second kappa shape index (κ2) is 9.93. The summed E-state index contributed by atoms with van der Waals surface area (Å²) in [5, 5.41) is 33.6. The number of hydrogen-bond acceptors (Lipinski definition) is 4. The largest absolute Gasteiger partial charge is 0.481 e.